The Morgan fingerprint density at radius 3 is 2.67 bits per heavy atom. The highest BCUT2D eigenvalue weighted by atomic mass is 32.1. The van der Waals surface area contributed by atoms with E-state index in [0.717, 1.165) is 22.8 Å². The van der Waals surface area contributed by atoms with Gasteiger partial charge in [-0.05, 0) is 58.8 Å². The summed E-state index contributed by atoms with van der Waals surface area (Å²) < 4.78 is 10.5. The number of nitrogens with zero attached hydrogens (tertiary/aromatic N) is 1. The van der Waals surface area contributed by atoms with Crippen molar-refractivity contribution >= 4 is 23.1 Å². The molecule has 3 rings (SSSR count). The minimum absolute atomic E-state index is 0.178. The molecule has 6 heteroatoms. The van der Waals surface area contributed by atoms with Gasteiger partial charge in [0, 0.05) is 12.2 Å². The van der Waals surface area contributed by atoms with Gasteiger partial charge in [-0.2, -0.15) is 11.3 Å². The van der Waals surface area contributed by atoms with Crippen molar-refractivity contribution in [1.29, 1.82) is 0 Å². The number of rotatable bonds is 6. The van der Waals surface area contributed by atoms with Crippen molar-refractivity contribution in [2.24, 2.45) is 0 Å². The summed E-state index contributed by atoms with van der Waals surface area (Å²) >= 11 is 1.61. The Morgan fingerprint density at radius 1 is 1.21 bits per heavy atom. The Balaban J connectivity index is 1.71. The quantitative estimate of drug-likeness (QED) is 0.713. The number of nitrogens with one attached hydrogen (secondary N) is 1. The summed E-state index contributed by atoms with van der Waals surface area (Å²) in [5.74, 6) is 1.49. The molecule has 3 aromatic rings. The lowest BCUT2D eigenvalue weighted by molar-refractivity contribution is 0.201. The van der Waals surface area contributed by atoms with Crippen molar-refractivity contribution < 1.29 is 13.9 Å². The fourth-order valence-corrected chi connectivity index (χ4v) is 2.93. The predicted molar refractivity (Wildman–Crippen MR) is 94.3 cm³/mol. The lowest BCUT2D eigenvalue weighted by Gasteiger charge is -2.22. The van der Waals surface area contributed by atoms with Crippen LogP contribution in [0.3, 0.4) is 0 Å². The van der Waals surface area contributed by atoms with E-state index in [1.807, 2.05) is 53.2 Å². The second-order valence-electron chi connectivity index (χ2n) is 5.23. The fourth-order valence-electron chi connectivity index (χ4n) is 2.27. The van der Waals surface area contributed by atoms with Crippen LogP contribution in [0.4, 0.5) is 10.5 Å². The van der Waals surface area contributed by atoms with Crippen molar-refractivity contribution in [3.05, 3.63) is 70.8 Å². The van der Waals surface area contributed by atoms with Crippen LogP contribution in [-0.2, 0) is 13.1 Å². The molecule has 1 N–H and O–H groups in total. The van der Waals surface area contributed by atoms with Gasteiger partial charge in [-0.3, -0.25) is 0 Å². The molecule has 2 amide bonds. The van der Waals surface area contributed by atoms with E-state index in [0.29, 0.717) is 13.1 Å². The zero-order valence-electron chi connectivity index (χ0n) is 13.3. The molecule has 0 aliphatic carbocycles. The molecule has 0 aliphatic rings. The number of hydrogen-bond acceptors (Lipinski definition) is 4. The average molecular weight is 342 g/mol. The SMILES string of the molecule is COc1ccc(NC(=O)N(Cc2ccsc2)Cc2ccco2)cc1. The molecule has 0 spiro atoms. The Hall–Kier alpha value is -2.73. The number of urea groups is 1. The largest absolute Gasteiger partial charge is 0.497 e. The van der Waals surface area contributed by atoms with Crippen molar-refractivity contribution in [2.45, 2.75) is 13.1 Å². The maximum Gasteiger partial charge on any atom is 0.322 e. The van der Waals surface area contributed by atoms with E-state index in [1.54, 1.807) is 29.6 Å². The summed E-state index contributed by atoms with van der Waals surface area (Å²) in [6.07, 6.45) is 1.61. The summed E-state index contributed by atoms with van der Waals surface area (Å²) in [7, 11) is 1.61. The zero-order chi connectivity index (χ0) is 16.8. The third-order valence-corrected chi connectivity index (χ3v) is 4.24. The van der Waals surface area contributed by atoms with E-state index in [-0.39, 0.29) is 6.03 Å². The molecule has 24 heavy (non-hydrogen) atoms. The van der Waals surface area contributed by atoms with E-state index in [2.05, 4.69) is 5.32 Å². The summed E-state index contributed by atoms with van der Waals surface area (Å²) in [6.45, 7) is 0.928. The molecule has 5 nitrogen and oxygen atoms in total. The van der Waals surface area contributed by atoms with E-state index >= 15 is 0 Å². The normalized spacial score (nSPS) is 10.4. The molecule has 124 valence electrons. The van der Waals surface area contributed by atoms with Crippen LogP contribution < -0.4 is 10.1 Å². The maximum absolute atomic E-state index is 12.7. The minimum Gasteiger partial charge on any atom is -0.497 e. The van der Waals surface area contributed by atoms with Crippen LogP contribution in [0.1, 0.15) is 11.3 Å². The van der Waals surface area contributed by atoms with Crippen LogP contribution in [0.5, 0.6) is 5.75 Å². The van der Waals surface area contributed by atoms with Crippen LogP contribution in [-0.4, -0.2) is 18.0 Å². The first-order valence-corrected chi connectivity index (χ1v) is 8.42. The first kappa shape index (κ1) is 16.1. The van der Waals surface area contributed by atoms with Gasteiger partial charge >= 0.3 is 6.03 Å². The first-order valence-electron chi connectivity index (χ1n) is 7.48. The molecular formula is C18H18N2O3S. The fraction of sp³-hybridized carbons (Fsp3) is 0.167. The number of benzene rings is 1. The summed E-state index contributed by atoms with van der Waals surface area (Å²) in [4.78, 5) is 14.4. The molecule has 0 radical (unpaired) electrons. The lowest BCUT2D eigenvalue weighted by Crippen LogP contribution is -2.33. The lowest BCUT2D eigenvalue weighted by atomic mass is 10.3. The molecule has 0 saturated carbocycles. The molecule has 0 unspecified atom stereocenters. The second-order valence-corrected chi connectivity index (χ2v) is 6.01. The molecule has 0 aliphatic heterocycles. The highest BCUT2D eigenvalue weighted by Crippen LogP contribution is 2.18. The van der Waals surface area contributed by atoms with Gasteiger partial charge in [0.05, 0.1) is 19.9 Å². The van der Waals surface area contributed by atoms with Crippen molar-refractivity contribution in [3.63, 3.8) is 0 Å². The molecule has 1 aromatic carbocycles. The first-order chi connectivity index (χ1) is 11.7. The van der Waals surface area contributed by atoms with E-state index in [9.17, 15) is 4.79 Å². The molecule has 0 fully saturated rings. The van der Waals surface area contributed by atoms with E-state index in [1.165, 1.54) is 0 Å². The van der Waals surface area contributed by atoms with Crippen LogP contribution in [0.2, 0.25) is 0 Å². The predicted octanol–water partition coefficient (Wildman–Crippen LogP) is 4.58. The van der Waals surface area contributed by atoms with Gasteiger partial charge in [-0.25, -0.2) is 4.79 Å². The zero-order valence-corrected chi connectivity index (χ0v) is 14.1. The maximum atomic E-state index is 12.7. The standard InChI is InChI=1S/C18H18N2O3S/c1-22-16-6-4-15(5-7-16)19-18(21)20(11-14-8-10-24-13-14)12-17-3-2-9-23-17/h2-10,13H,11-12H2,1H3,(H,19,21). The summed E-state index contributed by atoms with van der Waals surface area (Å²) in [5.41, 5.74) is 1.81. The third-order valence-electron chi connectivity index (χ3n) is 3.51. The average Bonchev–Trinajstić information content (AvgIpc) is 3.29. The van der Waals surface area contributed by atoms with Gasteiger partial charge in [0.25, 0.3) is 0 Å². The van der Waals surface area contributed by atoms with Gasteiger partial charge in [-0.15, -0.1) is 0 Å². The minimum atomic E-state index is -0.178. The number of carbonyl (C=O) groups excluding carboxylic acids is 1. The van der Waals surface area contributed by atoms with E-state index < -0.39 is 0 Å². The number of carbonyl (C=O) groups is 1. The smallest absolute Gasteiger partial charge is 0.322 e. The number of furan rings is 1. The molecule has 2 heterocycles. The summed E-state index contributed by atoms with van der Waals surface area (Å²) in [5, 5.41) is 6.95. The monoisotopic (exact) mass is 342 g/mol. The Labute approximate surface area is 144 Å². The van der Waals surface area contributed by atoms with Gasteiger partial charge < -0.3 is 19.4 Å². The van der Waals surface area contributed by atoms with Crippen LogP contribution in [0.25, 0.3) is 0 Å². The Bertz CT molecular complexity index is 716. The van der Waals surface area contributed by atoms with Crippen molar-refractivity contribution in [2.75, 3.05) is 12.4 Å². The van der Waals surface area contributed by atoms with Crippen LogP contribution in [0, 0.1) is 0 Å². The van der Waals surface area contributed by atoms with Crippen molar-refractivity contribution in [1.82, 2.24) is 4.90 Å². The number of anilines is 1. The molecule has 0 bridgehead atoms. The molecule has 0 atom stereocenters. The Kier molecular flexibility index (Phi) is 5.18. The number of hydrogen-bond donors (Lipinski definition) is 1. The molecule has 2 aromatic heterocycles. The number of amides is 2. The highest BCUT2D eigenvalue weighted by molar-refractivity contribution is 7.07. The van der Waals surface area contributed by atoms with Gasteiger partial charge in [0.1, 0.15) is 11.5 Å². The Morgan fingerprint density at radius 2 is 2.04 bits per heavy atom. The van der Waals surface area contributed by atoms with Gasteiger partial charge in [0.15, 0.2) is 0 Å². The van der Waals surface area contributed by atoms with E-state index in [4.69, 9.17) is 9.15 Å². The number of methoxy groups -OCH3 is 1. The van der Waals surface area contributed by atoms with Crippen molar-refractivity contribution in [3.8, 4) is 5.75 Å². The van der Waals surface area contributed by atoms with Gasteiger partial charge in [0.2, 0.25) is 0 Å². The number of thiophene rings is 1. The molecular weight excluding hydrogens is 324 g/mol. The number of ether oxygens (including phenoxy) is 1. The van der Waals surface area contributed by atoms with Gasteiger partial charge in [-0.1, -0.05) is 0 Å². The molecule has 0 saturated heterocycles. The van der Waals surface area contributed by atoms with Crippen LogP contribution >= 0.6 is 11.3 Å². The topological polar surface area (TPSA) is 54.7 Å². The van der Waals surface area contributed by atoms with Crippen LogP contribution in [0.15, 0.2) is 63.9 Å². The highest BCUT2D eigenvalue weighted by Gasteiger charge is 2.16. The third kappa shape index (κ3) is 4.17. The summed E-state index contributed by atoms with van der Waals surface area (Å²) in [6, 6.07) is 12.8. The second kappa shape index (κ2) is 7.70.